The molecule has 0 radical (unpaired) electrons. The summed E-state index contributed by atoms with van der Waals surface area (Å²) in [4.78, 5) is 24.1. The van der Waals surface area contributed by atoms with Crippen LogP contribution in [0.4, 0.5) is 0 Å². The minimum atomic E-state index is -0.401. The molecule has 5 nitrogen and oxygen atoms in total. The summed E-state index contributed by atoms with van der Waals surface area (Å²) < 4.78 is 0. The van der Waals surface area contributed by atoms with Crippen LogP contribution in [-0.4, -0.2) is 42.5 Å². The summed E-state index contributed by atoms with van der Waals surface area (Å²) in [5.41, 5.74) is 0. The molecule has 2 heterocycles. The van der Waals surface area contributed by atoms with E-state index in [1.165, 1.54) is 18.3 Å². The lowest BCUT2D eigenvalue weighted by molar-refractivity contribution is 0.0930. The quantitative estimate of drug-likeness (QED) is 0.685. The molecule has 1 aromatic rings. The minimum absolute atomic E-state index is 0.0329. The summed E-state index contributed by atoms with van der Waals surface area (Å²) in [7, 11) is 0. The van der Waals surface area contributed by atoms with E-state index in [1.54, 1.807) is 12.1 Å². The van der Waals surface area contributed by atoms with E-state index in [1.807, 2.05) is 0 Å². The highest BCUT2D eigenvalue weighted by Gasteiger charge is 2.25. The Kier molecular flexibility index (Phi) is 4.11. The molecule has 0 aromatic carbocycles. The number of hydrogen-bond acceptors (Lipinski definition) is 5. The molecule has 1 amide bonds. The van der Waals surface area contributed by atoms with Gasteiger partial charge in [-0.05, 0) is 19.1 Å². The number of nitrogens with one attached hydrogen (secondary N) is 2. The number of rotatable bonds is 4. The third-order valence-corrected chi connectivity index (χ3v) is 4.19. The van der Waals surface area contributed by atoms with Crippen LogP contribution in [0.25, 0.3) is 0 Å². The van der Waals surface area contributed by atoms with Crippen LogP contribution in [0.5, 0.6) is 0 Å². The molecule has 0 bridgehead atoms. The average Bonchev–Trinajstić information content (AvgIpc) is 2.94. The Hall–Kier alpha value is -1.24. The van der Waals surface area contributed by atoms with E-state index in [9.17, 15) is 14.7 Å². The van der Waals surface area contributed by atoms with Crippen LogP contribution >= 0.6 is 11.3 Å². The Bertz CT molecular complexity index is 458. The van der Waals surface area contributed by atoms with Crippen LogP contribution in [0.15, 0.2) is 12.1 Å². The van der Waals surface area contributed by atoms with Crippen molar-refractivity contribution in [1.82, 2.24) is 10.6 Å². The van der Waals surface area contributed by atoms with Gasteiger partial charge in [-0.25, -0.2) is 0 Å². The highest BCUT2D eigenvalue weighted by Crippen LogP contribution is 2.17. The van der Waals surface area contributed by atoms with Crippen molar-refractivity contribution in [1.29, 1.82) is 0 Å². The lowest BCUT2D eigenvalue weighted by Crippen LogP contribution is -2.34. The van der Waals surface area contributed by atoms with Gasteiger partial charge in [0.2, 0.25) is 0 Å². The predicted molar refractivity (Wildman–Crippen MR) is 69.0 cm³/mol. The first-order chi connectivity index (χ1) is 8.58. The van der Waals surface area contributed by atoms with Crippen molar-refractivity contribution in [2.45, 2.75) is 13.0 Å². The highest BCUT2D eigenvalue weighted by molar-refractivity contribution is 7.15. The van der Waals surface area contributed by atoms with Crippen molar-refractivity contribution in [3.8, 4) is 0 Å². The van der Waals surface area contributed by atoms with Gasteiger partial charge in [-0.3, -0.25) is 9.59 Å². The summed E-state index contributed by atoms with van der Waals surface area (Å²) in [5, 5.41) is 15.4. The van der Waals surface area contributed by atoms with Gasteiger partial charge in [0.15, 0.2) is 5.78 Å². The summed E-state index contributed by atoms with van der Waals surface area (Å²) in [6.45, 7) is 3.22. The van der Waals surface area contributed by atoms with E-state index in [-0.39, 0.29) is 17.6 Å². The zero-order chi connectivity index (χ0) is 13.1. The fraction of sp³-hybridized carbons (Fsp3) is 0.500. The number of thiophene rings is 1. The molecule has 6 heteroatoms. The Morgan fingerprint density at radius 2 is 2.17 bits per heavy atom. The third-order valence-electron chi connectivity index (χ3n) is 3.01. The van der Waals surface area contributed by atoms with Gasteiger partial charge in [0.05, 0.1) is 15.9 Å². The van der Waals surface area contributed by atoms with Crippen LogP contribution in [0.2, 0.25) is 0 Å². The first-order valence-electron chi connectivity index (χ1n) is 5.85. The lowest BCUT2D eigenvalue weighted by Gasteiger charge is -2.13. The van der Waals surface area contributed by atoms with E-state index in [2.05, 4.69) is 10.6 Å². The summed E-state index contributed by atoms with van der Waals surface area (Å²) in [5.74, 6) is -0.165. The Morgan fingerprint density at radius 3 is 2.72 bits per heavy atom. The van der Waals surface area contributed by atoms with Crippen molar-refractivity contribution in [3.05, 3.63) is 21.9 Å². The van der Waals surface area contributed by atoms with Crippen LogP contribution in [-0.2, 0) is 0 Å². The van der Waals surface area contributed by atoms with Gasteiger partial charge in [-0.1, -0.05) is 0 Å². The van der Waals surface area contributed by atoms with Gasteiger partial charge >= 0.3 is 0 Å². The molecule has 2 atom stereocenters. The van der Waals surface area contributed by atoms with Crippen molar-refractivity contribution in [3.63, 3.8) is 0 Å². The van der Waals surface area contributed by atoms with Gasteiger partial charge in [-0.15, -0.1) is 11.3 Å². The molecule has 0 spiro atoms. The average molecular weight is 268 g/mol. The van der Waals surface area contributed by atoms with Crippen molar-refractivity contribution in [2.75, 3.05) is 19.6 Å². The second-order valence-electron chi connectivity index (χ2n) is 4.42. The van der Waals surface area contributed by atoms with Gasteiger partial charge in [-0.2, -0.15) is 0 Å². The fourth-order valence-electron chi connectivity index (χ4n) is 1.89. The number of carbonyl (C=O) groups is 2. The number of aliphatic hydroxyl groups is 1. The summed E-state index contributed by atoms with van der Waals surface area (Å²) in [6, 6.07) is 3.31. The molecule has 18 heavy (non-hydrogen) atoms. The zero-order valence-corrected chi connectivity index (χ0v) is 10.9. The number of amides is 1. The van der Waals surface area contributed by atoms with Crippen LogP contribution in [0.3, 0.4) is 0 Å². The molecule has 0 saturated carbocycles. The third kappa shape index (κ3) is 2.95. The summed E-state index contributed by atoms with van der Waals surface area (Å²) >= 11 is 1.19. The largest absolute Gasteiger partial charge is 0.391 e. The Labute approximate surface area is 109 Å². The zero-order valence-electron chi connectivity index (χ0n) is 10.1. The smallest absolute Gasteiger partial charge is 0.261 e. The molecule has 1 aliphatic heterocycles. The van der Waals surface area contributed by atoms with E-state index >= 15 is 0 Å². The van der Waals surface area contributed by atoms with E-state index in [4.69, 9.17) is 0 Å². The van der Waals surface area contributed by atoms with Gasteiger partial charge in [0.1, 0.15) is 0 Å². The molecule has 2 unspecified atom stereocenters. The topological polar surface area (TPSA) is 78.4 Å². The Morgan fingerprint density at radius 1 is 1.44 bits per heavy atom. The molecule has 1 saturated heterocycles. The normalized spacial score (nSPS) is 23.0. The predicted octanol–water partition coefficient (Wildman–Crippen LogP) is 0.261. The fourth-order valence-corrected chi connectivity index (χ4v) is 2.71. The molecule has 2 rings (SSSR count). The van der Waals surface area contributed by atoms with Crippen molar-refractivity contribution < 1.29 is 14.7 Å². The Balaban J connectivity index is 1.89. The minimum Gasteiger partial charge on any atom is -0.391 e. The molecule has 98 valence electrons. The molecular weight excluding hydrogens is 252 g/mol. The van der Waals surface area contributed by atoms with Crippen LogP contribution in [0.1, 0.15) is 26.3 Å². The summed E-state index contributed by atoms with van der Waals surface area (Å²) in [6.07, 6.45) is -0.401. The molecule has 1 aromatic heterocycles. The van der Waals surface area contributed by atoms with E-state index in [0.717, 1.165) is 0 Å². The maximum absolute atomic E-state index is 11.8. The molecule has 1 aliphatic rings. The number of β-amino-alcohol motifs (C(OH)–C–C–N with tert-alkyl or cyclic N) is 1. The van der Waals surface area contributed by atoms with Gasteiger partial charge in [0, 0.05) is 25.6 Å². The number of aliphatic hydroxyl groups excluding tert-OH is 1. The van der Waals surface area contributed by atoms with E-state index in [0.29, 0.717) is 29.4 Å². The number of hydrogen-bond donors (Lipinski definition) is 3. The maximum Gasteiger partial charge on any atom is 0.261 e. The van der Waals surface area contributed by atoms with Gasteiger partial charge in [0.25, 0.3) is 5.91 Å². The number of ketones is 1. The monoisotopic (exact) mass is 268 g/mol. The second kappa shape index (κ2) is 5.60. The standard InChI is InChI=1S/C12H16N2O3S/c1-7(15)10-2-3-11(18-10)12(17)14-5-8-4-13-6-9(8)16/h2-3,8-9,13,16H,4-6H2,1H3,(H,14,17). The molecule has 0 aliphatic carbocycles. The van der Waals surface area contributed by atoms with Crippen LogP contribution < -0.4 is 10.6 Å². The first-order valence-corrected chi connectivity index (χ1v) is 6.67. The van der Waals surface area contributed by atoms with Crippen LogP contribution in [0, 0.1) is 5.92 Å². The number of carbonyl (C=O) groups excluding carboxylic acids is 2. The van der Waals surface area contributed by atoms with Gasteiger partial charge < -0.3 is 15.7 Å². The van der Waals surface area contributed by atoms with Crippen molar-refractivity contribution >= 4 is 23.0 Å². The lowest BCUT2D eigenvalue weighted by atomic mass is 10.1. The highest BCUT2D eigenvalue weighted by atomic mass is 32.1. The molecule has 3 N–H and O–H groups in total. The SMILES string of the molecule is CC(=O)c1ccc(C(=O)NCC2CNCC2O)s1. The molecular formula is C12H16N2O3S. The molecule has 1 fully saturated rings. The van der Waals surface area contributed by atoms with E-state index < -0.39 is 6.10 Å². The maximum atomic E-state index is 11.8. The van der Waals surface area contributed by atoms with Crippen molar-refractivity contribution in [2.24, 2.45) is 5.92 Å². The first kappa shape index (κ1) is 13.2. The number of Topliss-reactive ketones (excluding diaryl/α,β-unsaturated/α-hetero) is 1. The second-order valence-corrected chi connectivity index (χ2v) is 5.50.